The summed E-state index contributed by atoms with van der Waals surface area (Å²) in [4.78, 5) is 12.7. The minimum absolute atomic E-state index is 0.445. The number of benzene rings is 1. The average Bonchev–Trinajstić information content (AvgIpc) is 2.84. The maximum Gasteiger partial charge on any atom is 0.235 e. The van der Waals surface area contributed by atoms with Crippen molar-refractivity contribution in [2.24, 2.45) is 0 Å². The first kappa shape index (κ1) is 20.3. The van der Waals surface area contributed by atoms with E-state index in [0.29, 0.717) is 5.92 Å². The molecule has 0 spiro atoms. The van der Waals surface area contributed by atoms with Crippen LogP contribution in [0.3, 0.4) is 0 Å². The summed E-state index contributed by atoms with van der Waals surface area (Å²) in [5.74, 6) is 1.76. The minimum atomic E-state index is 0.445. The van der Waals surface area contributed by atoms with Gasteiger partial charge in [-0.05, 0) is 55.8 Å². The number of hydrogen-bond acceptors (Lipinski definition) is 4. The molecule has 0 N–H and O–H groups in total. The first-order valence-corrected chi connectivity index (χ1v) is 12.2. The lowest BCUT2D eigenvalue weighted by Crippen LogP contribution is -2.68. The van der Waals surface area contributed by atoms with Gasteiger partial charge in [0.1, 0.15) is 0 Å². The molecule has 4 saturated heterocycles. The molecule has 0 atom stereocenters. The summed E-state index contributed by atoms with van der Waals surface area (Å²) < 4.78 is 6.78. The van der Waals surface area contributed by atoms with Gasteiger partial charge in [0.25, 0.3) is 0 Å². The number of piperazine rings is 3. The van der Waals surface area contributed by atoms with E-state index < -0.39 is 0 Å². The van der Waals surface area contributed by atoms with Crippen LogP contribution in [-0.4, -0.2) is 67.4 Å². The number of rotatable bonds is 3. The molecular weight excluding hydrogens is 396 g/mol. The van der Waals surface area contributed by atoms with Crippen molar-refractivity contribution in [3.8, 4) is 11.1 Å². The molecule has 4 aliphatic heterocycles. The SMILES string of the molecule is Cc1ccc2c(-c3ccnc(C)c3)c(C3CCOCC3)nc([N+]34CCN(CC3)CC4)c2c1. The Balaban J connectivity index is 1.65. The Kier molecular flexibility index (Phi) is 5.01. The van der Waals surface area contributed by atoms with Crippen LogP contribution in [0.4, 0.5) is 5.82 Å². The number of quaternary nitrogens is 1. The molecule has 4 aliphatic rings. The van der Waals surface area contributed by atoms with Gasteiger partial charge in [-0.25, -0.2) is 0 Å². The van der Waals surface area contributed by atoms with Crippen LogP contribution < -0.4 is 4.48 Å². The highest BCUT2D eigenvalue weighted by Crippen LogP contribution is 2.44. The molecule has 0 unspecified atom stereocenters. The van der Waals surface area contributed by atoms with Crippen molar-refractivity contribution in [3.63, 3.8) is 0 Å². The van der Waals surface area contributed by atoms with Crippen molar-refractivity contribution < 1.29 is 4.74 Å². The lowest BCUT2D eigenvalue weighted by Gasteiger charge is -2.49. The van der Waals surface area contributed by atoms with E-state index in [2.05, 4.69) is 54.1 Å². The normalized spacial score (nSPS) is 26.0. The topological polar surface area (TPSA) is 38.3 Å². The van der Waals surface area contributed by atoms with Gasteiger partial charge in [-0.15, -0.1) is 0 Å². The average molecular weight is 430 g/mol. The second kappa shape index (κ2) is 7.91. The molecule has 2 bridgehead atoms. The number of fused-ring (bicyclic) bond motifs is 4. The van der Waals surface area contributed by atoms with Gasteiger partial charge in [0.05, 0.1) is 30.7 Å². The first-order chi connectivity index (χ1) is 15.6. The van der Waals surface area contributed by atoms with Gasteiger partial charge < -0.3 is 4.74 Å². The molecule has 6 heterocycles. The predicted octanol–water partition coefficient (Wildman–Crippen LogP) is 4.44. The van der Waals surface area contributed by atoms with Gasteiger partial charge in [0, 0.05) is 56.2 Å². The summed E-state index contributed by atoms with van der Waals surface area (Å²) in [5, 5.41) is 2.70. The summed E-state index contributed by atoms with van der Waals surface area (Å²) in [6.07, 6.45) is 4.04. The first-order valence-electron chi connectivity index (χ1n) is 12.2. The molecule has 0 radical (unpaired) electrons. The van der Waals surface area contributed by atoms with E-state index in [1.54, 1.807) is 0 Å². The fraction of sp³-hybridized carbons (Fsp3) is 0.481. The minimum Gasteiger partial charge on any atom is -0.381 e. The Morgan fingerprint density at radius 3 is 2.41 bits per heavy atom. The molecule has 5 heteroatoms. The second-order valence-electron chi connectivity index (χ2n) is 9.97. The monoisotopic (exact) mass is 429 g/mol. The van der Waals surface area contributed by atoms with Gasteiger partial charge in [-0.1, -0.05) is 17.7 Å². The third-order valence-corrected chi connectivity index (χ3v) is 7.94. The van der Waals surface area contributed by atoms with Crippen LogP contribution in [0, 0.1) is 13.8 Å². The summed E-state index contributed by atoms with van der Waals surface area (Å²) in [5.41, 5.74) is 6.21. The molecule has 32 heavy (non-hydrogen) atoms. The predicted molar refractivity (Wildman–Crippen MR) is 130 cm³/mol. The van der Waals surface area contributed by atoms with Crippen molar-refractivity contribution in [3.05, 3.63) is 53.5 Å². The summed E-state index contributed by atoms with van der Waals surface area (Å²) in [7, 11) is 0. The Bertz CT molecular complexity index is 1150. The molecule has 0 saturated carbocycles. The van der Waals surface area contributed by atoms with Crippen LogP contribution in [0.5, 0.6) is 0 Å². The van der Waals surface area contributed by atoms with E-state index in [4.69, 9.17) is 9.72 Å². The Hall–Kier alpha value is -2.34. The molecule has 7 rings (SSSR count). The highest BCUT2D eigenvalue weighted by molar-refractivity contribution is 6.03. The van der Waals surface area contributed by atoms with Crippen molar-refractivity contribution >= 4 is 16.6 Å². The van der Waals surface area contributed by atoms with Crippen LogP contribution in [-0.2, 0) is 4.74 Å². The van der Waals surface area contributed by atoms with Crippen LogP contribution >= 0.6 is 0 Å². The zero-order valence-corrected chi connectivity index (χ0v) is 19.3. The Morgan fingerprint density at radius 2 is 1.69 bits per heavy atom. The summed E-state index contributed by atoms with van der Waals surface area (Å²) in [6.45, 7) is 13.0. The van der Waals surface area contributed by atoms with Gasteiger partial charge >= 0.3 is 0 Å². The molecule has 166 valence electrons. The summed E-state index contributed by atoms with van der Waals surface area (Å²) >= 11 is 0. The van der Waals surface area contributed by atoms with Crippen molar-refractivity contribution in [2.75, 3.05) is 52.5 Å². The number of nitrogens with zero attached hydrogens (tertiary/aromatic N) is 4. The number of pyridine rings is 2. The number of hydrogen-bond donors (Lipinski definition) is 0. The standard InChI is InChI=1S/C27H33N4O/c1-19-3-4-23-24(17-19)27(31-12-9-30(10-13-31)11-14-31)29-26(21-6-15-32-16-7-21)25(23)22-5-8-28-20(2)18-22/h3-5,8,17-18,21H,6-7,9-16H2,1-2H3/q+1. The largest absolute Gasteiger partial charge is 0.381 e. The molecule has 4 fully saturated rings. The molecule has 2 aromatic heterocycles. The molecular formula is C27H33N4O+. The fourth-order valence-corrected chi connectivity index (χ4v) is 6.05. The Morgan fingerprint density at radius 1 is 0.938 bits per heavy atom. The van der Waals surface area contributed by atoms with E-state index in [-0.39, 0.29) is 0 Å². The zero-order valence-electron chi connectivity index (χ0n) is 19.3. The third-order valence-electron chi connectivity index (χ3n) is 7.94. The fourth-order valence-electron chi connectivity index (χ4n) is 6.05. The highest BCUT2D eigenvalue weighted by atomic mass is 16.5. The van der Waals surface area contributed by atoms with Crippen LogP contribution in [0.1, 0.15) is 35.7 Å². The lowest BCUT2D eigenvalue weighted by atomic mass is 9.86. The van der Waals surface area contributed by atoms with Crippen molar-refractivity contribution in [1.29, 1.82) is 0 Å². The van der Waals surface area contributed by atoms with Crippen LogP contribution in [0.25, 0.3) is 21.9 Å². The summed E-state index contributed by atoms with van der Waals surface area (Å²) in [6, 6.07) is 11.4. The van der Waals surface area contributed by atoms with Gasteiger partial charge in [-0.3, -0.25) is 14.4 Å². The molecule has 0 aliphatic carbocycles. The molecule has 0 amide bonds. The smallest absolute Gasteiger partial charge is 0.235 e. The van der Waals surface area contributed by atoms with E-state index >= 15 is 0 Å². The van der Waals surface area contributed by atoms with E-state index in [1.165, 1.54) is 78.2 Å². The second-order valence-corrected chi connectivity index (χ2v) is 9.97. The molecule has 1 aromatic carbocycles. The third kappa shape index (κ3) is 3.35. The van der Waals surface area contributed by atoms with Gasteiger partial charge in [0.2, 0.25) is 5.82 Å². The Labute approximate surface area is 190 Å². The lowest BCUT2D eigenvalue weighted by molar-refractivity contribution is 0.0659. The van der Waals surface area contributed by atoms with Crippen molar-refractivity contribution in [1.82, 2.24) is 19.4 Å². The molecule has 3 aromatic rings. The maximum atomic E-state index is 5.74. The number of aromatic nitrogens is 2. The van der Waals surface area contributed by atoms with Crippen LogP contribution in [0.15, 0.2) is 36.5 Å². The number of ether oxygens (including phenoxy) is 1. The quantitative estimate of drug-likeness (QED) is 0.577. The van der Waals surface area contributed by atoms with Gasteiger partial charge in [0.15, 0.2) is 0 Å². The molecule has 5 nitrogen and oxygen atoms in total. The van der Waals surface area contributed by atoms with E-state index in [0.717, 1.165) is 36.2 Å². The van der Waals surface area contributed by atoms with Crippen molar-refractivity contribution in [2.45, 2.75) is 32.6 Å². The van der Waals surface area contributed by atoms with E-state index in [1.807, 2.05) is 6.20 Å². The maximum absolute atomic E-state index is 5.74. The number of aryl methyl sites for hydroxylation is 2. The zero-order chi connectivity index (χ0) is 21.7. The highest BCUT2D eigenvalue weighted by Gasteiger charge is 2.43. The van der Waals surface area contributed by atoms with Crippen LogP contribution in [0.2, 0.25) is 0 Å². The van der Waals surface area contributed by atoms with Gasteiger partial charge in [-0.2, -0.15) is 4.98 Å². The van der Waals surface area contributed by atoms with E-state index in [9.17, 15) is 0 Å².